The van der Waals surface area contributed by atoms with E-state index in [2.05, 4.69) is 4.37 Å². The maximum Gasteiger partial charge on any atom is 0.330 e. The molecule has 0 aliphatic carbocycles. The fourth-order valence-corrected chi connectivity index (χ4v) is 2.10. The number of esters is 1. The summed E-state index contributed by atoms with van der Waals surface area (Å²) in [4.78, 5) is 11.2. The van der Waals surface area contributed by atoms with Crippen LogP contribution in [0.2, 0.25) is 0 Å². The predicted octanol–water partition coefficient (Wildman–Crippen LogP) is 2.87. The van der Waals surface area contributed by atoms with E-state index in [0.717, 1.165) is 16.5 Å². The van der Waals surface area contributed by atoms with E-state index < -0.39 is 0 Å². The van der Waals surface area contributed by atoms with E-state index in [1.807, 2.05) is 23.6 Å². The van der Waals surface area contributed by atoms with E-state index >= 15 is 0 Å². The Bertz CT molecular complexity index is 531. The smallest absolute Gasteiger partial charge is 0.330 e. The number of carbonyl (C=O) groups is 1. The van der Waals surface area contributed by atoms with E-state index in [1.54, 1.807) is 13.0 Å². The van der Waals surface area contributed by atoms with Gasteiger partial charge in [-0.1, -0.05) is 12.1 Å². The van der Waals surface area contributed by atoms with Crippen molar-refractivity contribution in [2.75, 3.05) is 6.61 Å². The van der Waals surface area contributed by atoms with Gasteiger partial charge in [-0.05, 0) is 36.2 Å². The normalized spacial score (nSPS) is 11.1. The molecular weight excluding hydrogens is 222 g/mol. The van der Waals surface area contributed by atoms with Crippen LogP contribution in [-0.2, 0) is 9.53 Å². The van der Waals surface area contributed by atoms with E-state index in [1.165, 1.54) is 17.6 Å². The molecule has 1 heterocycles. The number of ether oxygens (including phenoxy) is 1. The van der Waals surface area contributed by atoms with E-state index in [9.17, 15) is 4.79 Å². The molecule has 0 atom stereocenters. The van der Waals surface area contributed by atoms with Gasteiger partial charge in [0.2, 0.25) is 0 Å². The zero-order valence-corrected chi connectivity index (χ0v) is 9.66. The predicted molar refractivity (Wildman–Crippen MR) is 65.3 cm³/mol. The third-order valence-corrected chi connectivity index (χ3v) is 2.77. The Labute approximate surface area is 97.5 Å². The van der Waals surface area contributed by atoms with Gasteiger partial charge in [0.25, 0.3) is 0 Å². The van der Waals surface area contributed by atoms with Crippen molar-refractivity contribution in [2.45, 2.75) is 6.92 Å². The Morgan fingerprint density at radius 2 is 2.44 bits per heavy atom. The second-order valence-corrected chi connectivity index (χ2v) is 3.81. The standard InChI is InChI=1S/C12H11NO2S/c1-2-15-12(14)7-6-9-4-3-5-11-10(9)8-16-13-11/h3-8H,2H2,1H3/b7-6+. The molecule has 1 aromatic heterocycles. The minimum absolute atomic E-state index is 0.317. The molecule has 3 nitrogen and oxygen atoms in total. The summed E-state index contributed by atoms with van der Waals surface area (Å²) < 4.78 is 9.05. The first-order valence-electron chi connectivity index (χ1n) is 4.99. The van der Waals surface area contributed by atoms with Gasteiger partial charge in [0.05, 0.1) is 12.1 Å². The van der Waals surface area contributed by atoms with Crippen molar-refractivity contribution in [1.29, 1.82) is 0 Å². The zero-order valence-electron chi connectivity index (χ0n) is 8.84. The molecule has 1 aromatic carbocycles. The number of rotatable bonds is 3. The summed E-state index contributed by atoms with van der Waals surface area (Å²) in [6.07, 6.45) is 3.20. The van der Waals surface area contributed by atoms with Crippen molar-refractivity contribution in [1.82, 2.24) is 4.37 Å². The lowest BCUT2D eigenvalue weighted by molar-refractivity contribution is -0.137. The molecule has 0 amide bonds. The first kappa shape index (κ1) is 10.8. The average Bonchev–Trinajstić information content (AvgIpc) is 2.75. The van der Waals surface area contributed by atoms with Gasteiger partial charge in [0.15, 0.2) is 0 Å². The zero-order chi connectivity index (χ0) is 11.4. The Morgan fingerprint density at radius 3 is 3.25 bits per heavy atom. The molecule has 0 spiro atoms. The van der Waals surface area contributed by atoms with E-state index in [-0.39, 0.29) is 5.97 Å². The fourth-order valence-electron chi connectivity index (χ4n) is 1.41. The summed E-state index contributed by atoms with van der Waals surface area (Å²) in [7, 11) is 0. The molecule has 0 N–H and O–H groups in total. The van der Waals surface area contributed by atoms with Gasteiger partial charge in [-0.15, -0.1) is 0 Å². The lowest BCUT2D eigenvalue weighted by Gasteiger charge is -1.96. The van der Waals surface area contributed by atoms with E-state index in [0.29, 0.717) is 6.61 Å². The molecule has 0 fully saturated rings. The van der Waals surface area contributed by atoms with Gasteiger partial charge in [0, 0.05) is 16.8 Å². The summed E-state index contributed by atoms with van der Waals surface area (Å²) in [5.41, 5.74) is 1.94. The summed E-state index contributed by atoms with van der Waals surface area (Å²) >= 11 is 1.41. The number of nitrogens with zero attached hydrogens (tertiary/aromatic N) is 1. The monoisotopic (exact) mass is 233 g/mol. The number of carbonyl (C=O) groups excluding carboxylic acids is 1. The Morgan fingerprint density at radius 1 is 1.56 bits per heavy atom. The lowest BCUT2D eigenvalue weighted by Crippen LogP contribution is -1.98. The molecule has 0 radical (unpaired) electrons. The highest BCUT2D eigenvalue weighted by molar-refractivity contribution is 7.04. The fraction of sp³-hybridized carbons (Fsp3) is 0.167. The maximum atomic E-state index is 11.2. The van der Waals surface area contributed by atoms with Crippen molar-refractivity contribution in [2.24, 2.45) is 0 Å². The number of hydrogen-bond donors (Lipinski definition) is 0. The van der Waals surface area contributed by atoms with Crippen molar-refractivity contribution in [3.63, 3.8) is 0 Å². The van der Waals surface area contributed by atoms with Crippen LogP contribution in [0.3, 0.4) is 0 Å². The van der Waals surface area contributed by atoms with Crippen LogP contribution < -0.4 is 0 Å². The third kappa shape index (κ3) is 2.28. The van der Waals surface area contributed by atoms with Crippen molar-refractivity contribution >= 4 is 34.5 Å². The van der Waals surface area contributed by atoms with Crippen LogP contribution in [0.25, 0.3) is 17.0 Å². The summed E-state index contributed by atoms with van der Waals surface area (Å²) in [5, 5.41) is 3.04. The molecule has 0 bridgehead atoms. The minimum atomic E-state index is -0.317. The molecule has 0 saturated heterocycles. The molecule has 0 unspecified atom stereocenters. The molecule has 0 saturated carbocycles. The van der Waals surface area contributed by atoms with Gasteiger partial charge in [-0.2, -0.15) is 4.37 Å². The van der Waals surface area contributed by atoms with E-state index in [4.69, 9.17) is 4.74 Å². The first-order chi connectivity index (χ1) is 7.81. The molecule has 4 heteroatoms. The Hall–Kier alpha value is -1.68. The molecular formula is C12H11NO2S. The third-order valence-electron chi connectivity index (χ3n) is 2.12. The van der Waals surface area contributed by atoms with Crippen LogP contribution in [0, 0.1) is 0 Å². The van der Waals surface area contributed by atoms with Crippen molar-refractivity contribution in [3.05, 3.63) is 35.2 Å². The maximum absolute atomic E-state index is 11.2. The number of benzene rings is 1. The SMILES string of the molecule is CCOC(=O)/C=C/c1cccc2nscc12. The number of hydrogen-bond acceptors (Lipinski definition) is 4. The summed E-state index contributed by atoms with van der Waals surface area (Å²) in [6.45, 7) is 2.18. The van der Waals surface area contributed by atoms with Crippen LogP contribution in [0.15, 0.2) is 29.7 Å². The lowest BCUT2D eigenvalue weighted by atomic mass is 10.1. The molecule has 16 heavy (non-hydrogen) atoms. The van der Waals surface area contributed by atoms with Gasteiger partial charge in [-0.3, -0.25) is 0 Å². The van der Waals surface area contributed by atoms with Crippen LogP contribution >= 0.6 is 11.5 Å². The highest BCUT2D eigenvalue weighted by Gasteiger charge is 2.00. The Balaban J connectivity index is 2.27. The molecule has 2 rings (SSSR count). The first-order valence-corrected chi connectivity index (χ1v) is 5.83. The van der Waals surface area contributed by atoms with Gasteiger partial charge >= 0.3 is 5.97 Å². The second kappa shape index (κ2) is 4.90. The largest absolute Gasteiger partial charge is 0.463 e. The molecule has 0 aliphatic heterocycles. The number of fused-ring (bicyclic) bond motifs is 1. The van der Waals surface area contributed by atoms with Gasteiger partial charge in [-0.25, -0.2) is 4.79 Å². The topological polar surface area (TPSA) is 39.2 Å². The van der Waals surface area contributed by atoms with Crippen LogP contribution in [0.1, 0.15) is 12.5 Å². The average molecular weight is 233 g/mol. The van der Waals surface area contributed by atoms with Crippen LogP contribution in [0.4, 0.5) is 0 Å². The highest BCUT2D eigenvalue weighted by Crippen LogP contribution is 2.20. The van der Waals surface area contributed by atoms with Gasteiger partial charge in [0.1, 0.15) is 0 Å². The Kier molecular flexibility index (Phi) is 3.31. The number of aromatic nitrogens is 1. The van der Waals surface area contributed by atoms with Crippen LogP contribution in [0.5, 0.6) is 0 Å². The van der Waals surface area contributed by atoms with Crippen LogP contribution in [-0.4, -0.2) is 16.9 Å². The highest BCUT2D eigenvalue weighted by atomic mass is 32.1. The molecule has 2 aromatic rings. The molecule has 82 valence electrons. The van der Waals surface area contributed by atoms with Crippen molar-refractivity contribution < 1.29 is 9.53 Å². The van der Waals surface area contributed by atoms with Crippen molar-refractivity contribution in [3.8, 4) is 0 Å². The second-order valence-electron chi connectivity index (χ2n) is 3.18. The summed E-state index contributed by atoms with van der Waals surface area (Å²) in [6, 6.07) is 5.83. The van der Waals surface area contributed by atoms with Gasteiger partial charge < -0.3 is 4.74 Å². The minimum Gasteiger partial charge on any atom is -0.463 e. The molecule has 0 aliphatic rings. The quantitative estimate of drug-likeness (QED) is 0.604. The summed E-state index contributed by atoms with van der Waals surface area (Å²) in [5.74, 6) is -0.317.